The van der Waals surface area contributed by atoms with E-state index in [2.05, 4.69) is 5.32 Å². The quantitative estimate of drug-likeness (QED) is 0.519. The summed E-state index contributed by atoms with van der Waals surface area (Å²) in [7, 11) is 0. The number of halogens is 1. The lowest BCUT2D eigenvalue weighted by molar-refractivity contribution is -0.143. The van der Waals surface area contributed by atoms with Gasteiger partial charge in [-0.05, 0) is 68.0 Å². The Morgan fingerprint density at radius 1 is 1.09 bits per heavy atom. The molecule has 178 valence electrons. The number of carbonyl (C=O) groups is 2. The van der Waals surface area contributed by atoms with E-state index in [0.717, 1.165) is 42.4 Å². The second-order valence-corrected chi connectivity index (χ2v) is 9.34. The van der Waals surface area contributed by atoms with Gasteiger partial charge in [0.15, 0.2) is 6.61 Å². The second-order valence-electron chi connectivity index (χ2n) is 8.90. The molecule has 1 aliphatic rings. The van der Waals surface area contributed by atoms with Crippen molar-refractivity contribution in [3.8, 4) is 5.75 Å². The van der Waals surface area contributed by atoms with Crippen LogP contribution < -0.4 is 10.1 Å². The van der Waals surface area contributed by atoms with Crippen LogP contribution in [0.2, 0.25) is 5.02 Å². The van der Waals surface area contributed by atoms with Crippen molar-refractivity contribution in [3.63, 3.8) is 0 Å². The number of hydrogen-bond acceptors (Lipinski definition) is 3. The first-order valence-corrected chi connectivity index (χ1v) is 12.3. The second kappa shape index (κ2) is 12.1. The number of benzene rings is 2. The van der Waals surface area contributed by atoms with Crippen LogP contribution in [0, 0.1) is 13.8 Å². The van der Waals surface area contributed by atoms with Gasteiger partial charge in [-0.3, -0.25) is 9.59 Å². The molecule has 1 atom stereocenters. The van der Waals surface area contributed by atoms with E-state index < -0.39 is 6.04 Å². The van der Waals surface area contributed by atoms with Crippen molar-refractivity contribution in [2.75, 3.05) is 6.61 Å². The third-order valence-corrected chi connectivity index (χ3v) is 6.76. The molecule has 33 heavy (non-hydrogen) atoms. The van der Waals surface area contributed by atoms with Crippen molar-refractivity contribution in [2.24, 2.45) is 0 Å². The zero-order valence-electron chi connectivity index (χ0n) is 19.9. The lowest BCUT2D eigenvalue weighted by Crippen LogP contribution is -2.52. The molecule has 6 heteroatoms. The van der Waals surface area contributed by atoms with Gasteiger partial charge in [-0.25, -0.2) is 0 Å². The van der Waals surface area contributed by atoms with Gasteiger partial charge in [0.25, 0.3) is 5.91 Å². The molecule has 1 saturated carbocycles. The highest BCUT2D eigenvalue weighted by atomic mass is 35.5. The molecule has 1 fully saturated rings. The monoisotopic (exact) mass is 470 g/mol. The van der Waals surface area contributed by atoms with Crippen LogP contribution in [0.5, 0.6) is 5.75 Å². The average Bonchev–Trinajstić information content (AvgIpc) is 2.81. The summed E-state index contributed by atoms with van der Waals surface area (Å²) in [6, 6.07) is 12.8. The maximum atomic E-state index is 13.4. The molecule has 0 aliphatic heterocycles. The number of ether oxygens (including phenoxy) is 1. The summed E-state index contributed by atoms with van der Waals surface area (Å²) in [5.74, 6) is 0.393. The number of rotatable bonds is 9. The van der Waals surface area contributed by atoms with Gasteiger partial charge in [0, 0.05) is 17.6 Å². The van der Waals surface area contributed by atoms with Gasteiger partial charge < -0.3 is 15.0 Å². The van der Waals surface area contributed by atoms with Gasteiger partial charge in [0.2, 0.25) is 5.91 Å². The molecular weight excluding hydrogens is 436 g/mol. The van der Waals surface area contributed by atoms with Gasteiger partial charge in [-0.1, -0.05) is 62.1 Å². The predicted octanol–water partition coefficient (Wildman–Crippen LogP) is 5.59. The van der Waals surface area contributed by atoms with E-state index >= 15 is 0 Å². The number of nitrogens with one attached hydrogen (secondary N) is 1. The highest BCUT2D eigenvalue weighted by molar-refractivity contribution is 6.30. The largest absolute Gasteiger partial charge is 0.483 e. The van der Waals surface area contributed by atoms with Gasteiger partial charge in [-0.2, -0.15) is 0 Å². The Balaban J connectivity index is 1.77. The van der Waals surface area contributed by atoms with Crippen LogP contribution in [-0.2, 0) is 16.1 Å². The Labute approximate surface area is 202 Å². The van der Waals surface area contributed by atoms with Crippen LogP contribution in [0.4, 0.5) is 0 Å². The lowest BCUT2D eigenvalue weighted by atomic mass is 9.95. The summed E-state index contributed by atoms with van der Waals surface area (Å²) >= 11 is 6.04. The first-order valence-electron chi connectivity index (χ1n) is 11.9. The van der Waals surface area contributed by atoms with E-state index in [1.165, 1.54) is 6.42 Å². The maximum Gasteiger partial charge on any atom is 0.261 e. The van der Waals surface area contributed by atoms with Gasteiger partial charge >= 0.3 is 0 Å². The van der Waals surface area contributed by atoms with Crippen molar-refractivity contribution in [2.45, 2.75) is 77.9 Å². The molecule has 0 radical (unpaired) electrons. The van der Waals surface area contributed by atoms with Crippen molar-refractivity contribution in [1.82, 2.24) is 10.2 Å². The molecular formula is C27H35ClN2O3. The highest BCUT2D eigenvalue weighted by Gasteiger charge is 2.30. The highest BCUT2D eigenvalue weighted by Crippen LogP contribution is 2.22. The lowest BCUT2D eigenvalue weighted by Gasteiger charge is -2.32. The van der Waals surface area contributed by atoms with E-state index in [1.807, 2.05) is 51.1 Å². The standard InChI is InChI=1S/C27H35ClN2O3/c1-4-24(27(32)29-23-10-6-5-7-11-23)30(17-21-13-15-22(28)16-14-21)26(31)18-33-25-12-8-9-19(2)20(25)3/h8-9,12-16,23-24H,4-7,10-11,17-18H2,1-3H3,(H,29,32)/t24-/m1/s1. The molecule has 1 aliphatic carbocycles. The smallest absolute Gasteiger partial charge is 0.261 e. The minimum absolute atomic E-state index is 0.0848. The fourth-order valence-corrected chi connectivity index (χ4v) is 4.48. The summed E-state index contributed by atoms with van der Waals surface area (Å²) in [4.78, 5) is 28.3. The Bertz CT molecular complexity index is 939. The molecule has 0 heterocycles. The van der Waals surface area contributed by atoms with Crippen molar-refractivity contribution >= 4 is 23.4 Å². The summed E-state index contributed by atoms with van der Waals surface area (Å²) in [6.07, 6.45) is 6.03. The molecule has 5 nitrogen and oxygen atoms in total. The molecule has 2 amide bonds. The molecule has 2 aromatic rings. The topological polar surface area (TPSA) is 58.6 Å². The van der Waals surface area contributed by atoms with E-state index in [1.54, 1.807) is 17.0 Å². The van der Waals surface area contributed by atoms with Gasteiger partial charge in [-0.15, -0.1) is 0 Å². The fourth-order valence-electron chi connectivity index (χ4n) is 4.35. The number of hydrogen-bond donors (Lipinski definition) is 1. The summed E-state index contributed by atoms with van der Waals surface area (Å²) in [6.45, 7) is 6.14. The first kappa shape index (κ1) is 25.1. The zero-order chi connectivity index (χ0) is 23.8. The van der Waals surface area contributed by atoms with Crippen LogP contribution >= 0.6 is 11.6 Å². The SMILES string of the molecule is CC[C@H](C(=O)NC1CCCCC1)N(Cc1ccc(Cl)cc1)C(=O)COc1cccc(C)c1C. The van der Waals surface area contributed by atoms with Crippen LogP contribution in [-0.4, -0.2) is 35.4 Å². The Morgan fingerprint density at radius 2 is 1.79 bits per heavy atom. The summed E-state index contributed by atoms with van der Waals surface area (Å²) in [5.41, 5.74) is 3.04. The van der Waals surface area contributed by atoms with Crippen LogP contribution in [0.15, 0.2) is 42.5 Å². The Hall–Kier alpha value is -2.53. The minimum atomic E-state index is -0.558. The number of amides is 2. The summed E-state index contributed by atoms with van der Waals surface area (Å²) < 4.78 is 5.90. The molecule has 2 aromatic carbocycles. The maximum absolute atomic E-state index is 13.4. The predicted molar refractivity (Wildman–Crippen MR) is 133 cm³/mol. The van der Waals surface area contributed by atoms with Crippen molar-refractivity contribution in [1.29, 1.82) is 0 Å². The number of carbonyl (C=O) groups excluding carboxylic acids is 2. The van der Waals surface area contributed by atoms with E-state index in [4.69, 9.17) is 16.3 Å². The fraction of sp³-hybridized carbons (Fsp3) is 0.481. The van der Waals surface area contributed by atoms with Gasteiger partial charge in [0.1, 0.15) is 11.8 Å². The average molecular weight is 471 g/mol. The Morgan fingerprint density at radius 3 is 2.45 bits per heavy atom. The molecule has 3 rings (SSSR count). The normalized spacial score (nSPS) is 15.0. The number of nitrogens with zero attached hydrogens (tertiary/aromatic N) is 1. The van der Waals surface area contributed by atoms with Crippen molar-refractivity contribution < 1.29 is 14.3 Å². The van der Waals surface area contributed by atoms with Crippen LogP contribution in [0.3, 0.4) is 0 Å². The Kier molecular flexibility index (Phi) is 9.19. The molecule has 0 bridgehead atoms. The van der Waals surface area contributed by atoms with E-state index in [-0.39, 0.29) is 24.5 Å². The first-order chi connectivity index (χ1) is 15.9. The van der Waals surface area contributed by atoms with Gasteiger partial charge in [0.05, 0.1) is 0 Å². The van der Waals surface area contributed by atoms with Crippen LogP contribution in [0.25, 0.3) is 0 Å². The van der Waals surface area contributed by atoms with Crippen molar-refractivity contribution in [3.05, 3.63) is 64.2 Å². The molecule has 0 unspecified atom stereocenters. The third kappa shape index (κ3) is 6.97. The zero-order valence-corrected chi connectivity index (χ0v) is 20.7. The van der Waals surface area contributed by atoms with E-state index in [0.29, 0.717) is 23.7 Å². The third-order valence-electron chi connectivity index (χ3n) is 6.51. The number of aryl methyl sites for hydroxylation is 1. The van der Waals surface area contributed by atoms with E-state index in [9.17, 15) is 9.59 Å². The molecule has 0 spiro atoms. The minimum Gasteiger partial charge on any atom is -0.483 e. The molecule has 0 saturated heterocycles. The van der Waals surface area contributed by atoms with Crippen LogP contribution in [0.1, 0.15) is 62.1 Å². The molecule has 0 aromatic heterocycles. The molecule has 1 N–H and O–H groups in total. The summed E-state index contributed by atoms with van der Waals surface area (Å²) in [5, 5.41) is 3.83.